The molecule has 5 rings (SSSR count). The lowest BCUT2D eigenvalue weighted by atomic mass is 10.1. The van der Waals surface area contributed by atoms with Crippen LogP contribution in [-0.4, -0.2) is 36.3 Å². The van der Waals surface area contributed by atoms with Gasteiger partial charge in [0.15, 0.2) is 16.1 Å². The Bertz CT molecular complexity index is 1590. The van der Waals surface area contributed by atoms with Gasteiger partial charge in [0.2, 0.25) is 5.91 Å². The van der Waals surface area contributed by atoms with Crippen LogP contribution in [0, 0.1) is 15.9 Å². The number of aromatic nitrogens is 4. The zero-order valence-electron chi connectivity index (χ0n) is 19.7. The molecule has 0 aliphatic rings. The maximum Gasteiger partial charge on any atom is 0.269 e. The summed E-state index contributed by atoms with van der Waals surface area (Å²) >= 11 is 2.50. The Balaban J connectivity index is 1.27. The lowest BCUT2D eigenvalue weighted by Gasteiger charge is -2.10. The molecule has 0 unspecified atom stereocenters. The summed E-state index contributed by atoms with van der Waals surface area (Å²) in [5.41, 5.74) is 2.32. The van der Waals surface area contributed by atoms with Gasteiger partial charge < -0.3 is 5.32 Å². The number of halogens is 1. The Kier molecular flexibility index (Phi) is 7.52. The third kappa shape index (κ3) is 5.93. The van der Waals surface area contributed by atoms with Gasteiger partial charge in [-0.1, -0.05) is 54.2 Å². The fraction of sp³-hybridized carbons (Fsp3) is 0.0769. The first kappa shape index (κ1) is 25.2. The minimum Gasteiger partial charge on any atom is -0.301 e. The van der Waals surface area contributed by atoms with E-state index < -0.39 is 4.92 Å². The first-order valence-corrected chi connectivity index (χ1v) is 13.1. The number of carbonyl (C=O) groups is 1. The first-order valence-electron chi connectivity index (χ1n) is 11.3. The van der Waals surface area contributed by atoms with Crippen molar-refractivity contribution in [1.29, 1.82) is 0 Å². The van der Waals surface area contributed by atoms with Gasteiger partial charge in [-0.05, 0) is 29.8 Å². The standard InChI is InChI=1S/C26H19FN6O3S2/c27-19-9-11-20(12-10-19)32-24(18-6-2-1-3-7-18)30-31-26(32)37-16-23(34)29-25-28-15-22(38-25)14-17-5-4-8-21(13-17)33(35)36/h1-13,15H,14,16H2,(H,28,29,34). The van der Waals surface area contributed by atoms with Crippen LogP contribution < -0.4 is 5.32 Å². The van der Waals surface area contributed by atoms with E-state index in [0.717, 1.165) is 16.0 Å². The van der Waals surface area contributed by atoms with Gasteiger partial charge in [0, 0.05) is 40.9 Å². The monoisotopic (exact) mass is 546 g/mol. The van der Waals surface area contributed by atoms with Crippen LogP contribution in [0.2, 0.25) is 0 Å². The van der Waals surface area contributed by atoms with Gasteiger partial charge in [-0.3, -0.25) is 19.5 Å². The van der Waals surface area contributed by atoms with E-state index in [-0.39, 0.29) is 23.2 Å². The molecule has 0 aliphatic heterocycles. The molecule has 12 heteroatoms. The summed E-state index contributed by atoms with van der Waals surface area (Å²) in [7, 11) is 0. The van der Waals surface area contributed by atoms with Crippen LogP contribution in [0.5, 0.6) is 0 Å². The Labute approximate surface area is 224 Å². The predicted molar refractivity (Wildman–Crippen MR) is 144 cm³/mol. The van der Waals surface area contributed by atoms with Gasteiger partial charge in [-0.25, -0.2) is 9.37 Å². The molecular weight excluding hydrogens is 527 g/mol. The molecule has 0 bridgehead atoms. The average Bonchev–Trinajstić information content (AvgIpc) is 3.55. The number of non-ortho nitro benzene ring substituents is 1. The van der Waals surface area contributed by atoms with Crippen molar-refractivity contribution in [2.45, 2.75) is 11.6 Å². The van der Waals surface area contributed by atoms with Crippen LogP contribution in [0.25, 0.3) is 17.1 Å². The van der Waals surface area contributed by atoms with Gasteiger partial charge in [0.1, 0.15) is 5.82 Å². The third-order valence-electron chi connectivity index (χ3n) is 5.38. The molecule has 190 valence electrons. The van der Waals surface area contributed by atoms with E-state index >= 15 is 0 Å². The minimum absolute atomic E-state index is 0.0291. The highest BCUT2D eigenvalue weighted by Crippen LogP contribution is 2.29. The maximum atomic E-state index is 13.6. The van der Waals surface area contributed by atoms with Crippen molar-refractivity contribution in [3.05, 3.63) is 111 Å². The molecule has 0 radical (unpaired) electrons. The van der Waals surface area contributed by atoms with Gasteiger partial charge in [0.25, 0.3) is 5.69 Å². The smallest absolute Gasteiger partial charge is 0.269 e. The number of thioether (sulfide) groups is 1. The number of amides is 1. The largest absolute Gasteiger partial charge is 0.301 e. The van der Waals surface area contributed by atoms with Crippen molar-refractivity contribution in [1.82, 2.24) is 19.7 Å². The average molecular weight is 547 g/mol. The summed E-state index contributed by atoms with van der Waals surface area (Å²) in [4.78, 5) is 28.4. The molecule has 0 saturated carbocycles. The SMILES string of the molecule is O=C(CSc1nnc(-c2ccccc2)n1-c1ccc(F)cc1)Nc1ncc(Cc2cccc([N+](=O)[O-])c2)s1. The Morgan fingerprint density at radius 1 is 1.05 bits per heavy atom. The summed E-state index contributed by atoms with van der Waals surface area (Å²) in [5.74, 6) is -0.00885. The minimum atomic E-state index is -0.431. The van der Waals surface area contributed by atoms with Crippen LogP contribution in [0.15, 0.2) is 90.2 Å². The van der Waals surface area contributed by atoms with Crippen LogP contribution in [-0.2, 0) is 11.2 Å². The third-order valence-corrected chi connectivity index (χ3v) is 7.22. The van der Waals surface area contributed by atoms with Crippen molar-refractivity contribution < 1.29 is 14.1 Å². The molecule has 0 aliphatic carbocycles. The summed E-state index contributed by atoms with van der Waals surface area (Å²) in [6.07, 6.45) is 2.11. The normalized spacial score (nSPS) is 10.9. The lowest BCUT2D eigenvalue weighted by molar-refractivity contribution is -0.384. The van der Waals surface area contributed by atoms with E-state index in [9.17, 15) is 19.3 Å². The van der Waals surface area contributed by atoms with Gasteiger partial charge in [0.05, 0.1) is 10.7 Å². The molecular formula is C26H19FN6O3S2. The topological polar surface area (TPSA) is 116 Å². The van der Waals surface area contributed by atoms with Crippen LogP contribution in [0.4, 0.5) is 15.2 Å². The lowest BCUT2D eigenvalue weighted by Crippen LogP contribution is -2.14. The maximum absolute atomic E-state index is 13.6. The fourth-order valence-corrected chi connectivity index (χ4v) is 5.29. The Morgan fingerprint density at radius 3 is 2.61 bits per heavy atom. The number of nitrogens with zero attached hydrogens (tertiary/aromatic N) is 5. The van der Waals surface area contributed by atoms with Crippen molar-refractivity contribution in [2.75, 3.05) is 11.1 Å². The van der Waals surface area contributed by atoms with E-state index in [1.807, 2.05) is 36.4 Å². The number of nitrogens with one attached hydrogen (secondary N) is 1. The number of hydrogen-bond acceptors (Lipinski definition) is 8. The summed E-state index contributed by atoms with van der Waals surface area (Å²) in [5, 5.41) is 23.3. The molecule has 9 nitrogen and oxygen atoms in total. The van der Waals surface area contributed by atoms with E-state index in [1.54, 1.807) is 29.0 Å². The number of rotatable bonds is 9. The Hall–Kier alpha value is -4.42. The fourth-order valence-electron chi connectivity index (χ4n) is 3.67. The summed E-state index contributed by atoms with van der Waals surface area (Å²) < 4.78 is 15.3. The molecule has 2 heterocycles. The second kappa shape index (κ2) is 11.3. The Morgan fingerprint density at radius 2 is 1.84 bits per heavy atom. The van der Waals surface area contributed by atoms with Gasteiger partial charge in [-0.2, -0.15) is 0 Å². The quantitative estimate of drug-likeness (QED) is 0.142. The molecule has 0 atom stereocenters. The molecule has 2 aromatic heterocycles. The van der Waals surface area contributed by atoms with E-state index in [2.05, 4.69) is 20.5 Å². The molecule has 0 spiro atoms. The molecule has 38 heavy (non-hydrogen) atoms. The zero-order valence-corrected chi connectivity index (χ0v) is 21.3. The van der Waals surface area contributed by atoms with E-state index in [1.165, 1.54) is 47.4 Å². The van der Waals surface area contributed by atoms with Crippen molar-refractivity contribution in [3.8, 4) is 17.1 Å². The molecule has 0 saturated heterocycles. The number of anilines is 1. The molecule has 0 fully saturated rings. The van der Waals surface area contributed by atoms with Crippen molar-refractivity contribution in [3.63, 3.8) is 0 Å². The highest BCUT2D eigenvalue weighted by molar-refractivity contribution is 7.99. The molecule has 5 aromatic rings. The summed E-state index contributed by atoms with van der Waals surface area (Å²) in [6.45, 7) is 0. The number of hydrogen-bond donors (Lipinski definition) is 1. The number of thiazole rings is 1. The van der Waals surface area contributed by atoms with Crippen LogP contribution in [0.1, 0.15) is 10.4 Å². The highest BCUT2D eigenvalue weighted by atomic mass is 32.2. The second-order valence-corrected chi connectivity index (χ2v) is 10.1. The molecule has 1 N–H and O–H groups in total. The number of nitro groups is 1. The van der Waals surface area contributed by atoms with Crippen LogP contribution in [0.3, 0.4) is 0 Å². The second-order valence-electron chi connectivity index (χ2n) is 8.06. The molecule has 3 aromatic carbocycles. The number of nitro benzene ring substituents is 1. The first-order chi connectivity index (χ1) is 18.5. The van der Waals surface area contributed by atoms with E-state index in [4.69, 9.17) is 0 Å². The van der Waals surface area contributed by atoms with Crippen molar-refractivity contribution >= 4 is 39.8 Å². The predicted octanol–water partition coefficient (Wildman–Crippen LogP) is 5.76. The van der Waals surface area contributed by atoms with Gasteiger partial charge >= 0.3 is 0 Å². The molecule has 1 amide bonds. The highest BCUT2D eigenvalue weighted by Gasteiger charge is 2.18. The summed E-state index contributed by atoms with van der Waals surface area (Å²) in [6, 6.07) is 21.9. The van der Waals surface area contributed by atoms with Crippen molar-refractivity contribution in [2.24, 2.45) is 0 Å². The van der Waals surface area contributed by atoms with Gasteiger partial charge in [-0.15, -0.1) is 21.5 Å². The zero-order chi connectivity index (χ0) is 26.5. The number of benzene rings is 3. The number of carbonyl (C=O) groups excluding carboxylic acids is 1. The van der Waals surface area contributed by atoms with E-state index in [0.29, 0.717) is 28.2 Å². The van der Waals surface area contributed by atoms with Crippen LogP contribution >= 0.6 is 23.1 Å².